The summed E-state index contributed by atoms with van der Waals surface area (Å²) in [7, 11) is 0. The lowest BCUT2D eigenvalue weighted by Crippen LogP contribution is -2.61. The lowest BCUT2D eigenvalue weighted by atomic mass is 9.33. The van der Waals surface area contributed by atoms with E-state index >= 15 is 0 Å². The molecule has 2 unspecified atom stereocenters. The molecule has 0 radical (unpaired) electrons. The molecule has 7 heteroatoms. The molecule has 14 rings (SSSR count). The monoisotopic (exact) mass is 985 g/mol. The number of fused-ring (bicyclic) bond motifs is 11. The van der Waals surface area contributed by atoms with E-state index in [1.54, 1.807) is 0 Å². The molecule has 0 saturated heterocycles. The maximum absolute atomic E-state index is 7.66. The van der Waals surface area contributed by atoms with Gasteiger partial charge in [0.15, 0.2) is 11.5 Å². The highest BCUT2D eigenvalue weighted by Crippen LogP contribution is 2.62. The summed E-state index contributed by atoms with van der Waals surface area (Å²) >= 11 is 1.83. The highest BCUT2D eigenvalue weighted by atomic mass is 32.1. The third kappa shape index (κ3) is 6.28. The zero-order chi connectivity index (χ0) is 50.8. The smallest absolute Gasteiger partial charge is 0.261 e. The Bertz CT molecular complexity index is 3760. The normalized spacial score (nSPS) is 20.0. The fourth-order valence-corrected chi connectivity index (χ4v) is 15.0. The number of furan rings is 1. The maximum Gasteiger partial charge on any atom is 0.261 e. The second-order valence-electron chi connectivity index (χ2n) is 24.9. The minimum Gasteiger partial charge on any atom is -0.454 e. The van der Waals surface area contributed by atoms with Crippen LogP contribution in [0.2, 0.25) is 0 Å². The number of hydrogen-bond acceptors (Lipinski definition) is 6. The van der Waals surface area contributed by atoms with Crippen molar-refractivity contribution in [3.8, 4) is 22.6 Å². The highest BCUT2D eigenvalue weighted by molar-refractivity contribution is 7.18. The van der Waals surface area contributed by atoms with Crippen LogP contribution in [0.25, 0.3) is 21.2 Å². The van der Waals surface area contributed by atoms with Gasteiger partial charge in [-0.15, -0.1) is 11.3 Å². The third-order valence-corrected chi connectivity index (χ3v) is 19.2. The molecule has 74 heavy (non-hydrogen) atoms. The Kier molecular flexibility index (Phi) is 9.59. The number of nitrogens with zero attached hydrogens (tertiary/aromatic N) is 3. The minimum atomic E-state index is -0.483. The summed E-state index contributed by atoms with van der Waals surface area (Å²) in [5, 5.41) is 3.61. The first-order chi connectivity index (χ1) is 35.5. The van der Waals surface area contributed by atoms with Crippen LogP contribution in [-0.4, -0.2) is 12.3 Å². The molecule has 0 spiro atoms. The summed E-state index contributed by atoms with van der Waals surface area (Å²) in [6, 6.07) is 57.5. The maximum atomic E-state index is 7.66. The van der Waals surface area contributed by atoms with Gasteiger partial charge >= 0.3 is 0 Å². The fourth-order valence-electron chi connectivity index (χ4n) is 14.0. The molecule has 5 aliphatic rings. The van der Waals surface area contributed by atoms with Gasteiger partial charge in [0.05, 0.1) is 11.0 Å². The lowest BCUT2D eigenvalue weighted by Gasteiger charge is -2.51. The van der Waals surface area contributed by atoms with E-state index in [1.165, 1.54) is 84.4 Å². The van der Waals surface area contributed by atoms with E-state index in [9.17, 15) is 0 Å². The highest BCUT2D eigenvalue weighted by Gasteiger charge is 2.58. The van der Waals surface area contributed by atoms with E-state index in [4.69, 9.17) is 9.15 Å². The topological polar surface area (TPSA) is 32.1 Å². The molecular formula is C67H64BN3O2S. The van der Waals surface area contributed by atoms with Gasteiger partial charge in [0.2, 0.25) is 5.88 Å². The van der Waals surface area contributed by atoms with Gasteiger partial charge in [-0.05, 0) is 144 Å². The molecule has 0 amide bonds. The van der Waals surface area contributed by atoms with Crippen LogP contribution in [0.1, 0.15) is 123 Å². The number of anilines is 8. The average molecular weight is 986 g/mol. The molecule has 368 valence electrons. The largest absolute Gasteiger partial charge is 0.454 e. The predicted molar refractivity (Wildman–Crippen MR) is 312 cm³/mol. The number of hydrogen-bond donors (Lipinski definition) is 0. The van der Waals surface area contributed by atoms with Crippen LogP contribution in [0.5, 0.6) is 11.5 Å². The Morgan fingerprint density at radius 1 is 0.568 bits per heavy atom. The van der Waals surface area contributed by atoms with Crippen molar-refractivity contribution in [3.05, 3.63) is 185 Å². The van der Waals surface area contributed by atoms with E-state index in [0.717, 1.165) is 64.1 Å². The molecule has 7 aromatic carbocycles. The van der Waals surface area contributed by atoms with Crippen LogP contribution in [0, 0.1) is 0 Å². The Hall–Kier alpha value is -6.96. The predicted octanol–water partition coefficient (Wildman–Crippen LogP) is 17.0. The van der Waals surface area contributed by atoms with Crippen LogP contribution in [0.15, 0.2) is 161 Å². The van der Waals surface area contributed by atoms with Crippen LogP contribution in [0.3, 0.4) is 0 Å². The van der Waals surface area contributed by atoms with E-state index in [2.05, 4.69) is 241 Å². The second kappa shape index (κ2) is 15.6. The van der Waals surface area contributed by atoms with Crippen molar-refractivity contribution in [1.82, 2.24) is 0 Å². The van der Waals surface area contributed by atoms with E-state index < -0.39 is 5.41 Å². The molecule has 9 aromatic rings. The van der Waals surface area contributed by atoms with Gasteiger partial charge in [0.25, 0.3) is 6.71 Å². The zero-order valence-electron chi connectivity index (χ0n) is 44.5. The van der Waals surface area contributed by atoms with Crippen LogP contribution < -0.4 is 35.8 Å². The summed E-state index contributed by atoms with van der Waals surface area (Å²) in [5.41, 5.74) is 18.7. The van der Waals surface area contributed by atoms with Crippen molar-refractivity contribution < 1.29 is 9.15 Å². The summed E-state index contributed by atoms with van der Waals surface area (Å²) in [4.78, 5) is 7.82. The standard InChI is InChI=1S/C67H64BN3O2S/c1-63(2,3)42-26-30-44(31-27-42)69-53-38-47-48(41-20-12-11-13-21-41)40-74-57(47)39-51(53)68-58-54(69)36-46(71-52-24-16-14-22-49(52)66(9)34-18-19-35-67(66,71)10)37-55(58)70(45-32-28-43(29-33-45)64(4,5)6)62-59(68)60-61(73-62)65(7,8)50-23-15-17-25-56(50)72-60/h11-17,20-33,36-40H,18-19,34-35H2,1-10H3. The van der Waals surface area contributed by atoms with Gasteiger partial charge in [-0.2, -0.15) is 0 Å². The summed E-state index contributed by atoms with van der Waals surface area (Å²) < 4.78 is 16.2. The molecule has 1 saturated carbocycles. The third-order valence-electron chi connectivity index (χ3n) is 18.2. The SMILES string of the molecule is CC(C)(C)c1ccc(N2c3cc4c(-c5ccccc5)csc4cc3B3c4c2cc(N2c5ccccc5C5(C)CCCCC25C)cc4N(c2ccc(C(C)(C)C)cc2)c2oc4c(c23)Oc2ccccc2C4(C)C)cc1. The van der Waals surface area contributed by atoms with Gasteiger partial charge in [0.1, 0.15) is 5.75 Å². The van der Waals surface area contributed by atoms with Crippen molar-refractivity contribution in [2.45, 2.75) is 122 Å². The molecule has 1 fully saturated rings. The van der Waals surface area contributed by atoms with Crippen LogP contribution >= 0.6 is 11.3 Å². The Morgan fingerprint density at radius 2 is 1.18 bits per heavy atom. The molecule has 0 bridgehead atoms. The Morgan fingerprint density at radius 3 is 1.86 bits per heavy atom. The zero-order valence-corrected chi connectivity index (χ0v) is 45.3. The molecule has 2 aromatic heterocycles. The molecule has 1 aliphatic carbocycles. The molecule has 6 heterocycles. The first kappa shape index (κ1) is 45.6. The lowest BCUT2D eigenvalue weighted by molar-refractivity contribution is 0.195. The molecular weight excluding hydrogens is 922 g/mol. The summed E-state index contributed by atoms with van der Waals surface area (Å²) in [5.74, 6) is 3.39. The van der Waals surface area contributed by atoms with Crippen molar-refractivity contribution in [3.63, 3.8) is 0 Å². The number of rotatable bonds is 4. The second-order valence-corrected chi connectivity index (χ2v) is 25.8. The van der Waals surface area contributed by atoms with Crippen LogP contribution in [-0.2, 0) is 21.7 Å². The molecule has 0 N–H and O–H groups in total. The van der Waals surface area contributed by atoms with E-state index in [0.29, 0.717) is 0 Å². The van der Waals surface area contributed by atoms with Crippen LogP contribution in [0.4, 0.5) is 45.7 Å². The van der Waals surface area contributed by atoms with Crippen molar-refractivity contribution >= 4 is 90.2 Å². The average Bonchev–Trinajstić information content (AvgIpc) is 4.09. The van der Waals surface area contributed by atoms with Gasteiger partial charge in [0, 0.05) is 71.9 Å². The number of para-hydroxylation sites is 2. The summed E-state index contributed by atoms with van der Waals surface area (Å²) in [6.45, 7) is 23.3. The van der Waals surface area contributed by atoms with Crippen molar-refractivity contribution in [1.29, 1.82) is 0 Å². The van der Waals surface area contributed by atoms with E-state index in [-0.39, 0.29) is 28.5 Å². The number of benzene rings is 7. The van der Waals surface area contributed by atoms with Gasteiger partial charge < -0.3 is 19.0 Å². The fraction of sp³-hybridized carbons (Fsp3) is 0.284. The summed E-state index contributed by atoms with van der Waals surface area (Å²) in [6.07, 6.45) is 4.69. The first-order valence-electron chi connectivity index (χ1n) is 26.9. The minimum absolute atomic E-state index is 0.00656. The Labute approximate surface area is 441 Å². The molecule has 2 atom stereocenters. The van der Waals surface area contributed by atoms with Crippen molar-refractivity contribution in [2.75, 3.05) is 14.7 Å². The molecule has 5 nitrogen and oxygen atoms in total. The Balaban J connectivity index is 1.13. The van der Waals surface area contributed by atoms with E-state index in [1.807, 2.05) is 11.3 Å². The molecule has 4 aliphatic heterocycles. The number of thiophene rings is 1. The van der Waals surface area contributed by atoms with Gasteiger partial charge in [-0.3, -0.25) is 4.90 Å². The first-order valence-corrected chi connectivity index (χ1v) is 27.8. The quantitative estimate of drug-likeness (QED) is 0.164. The van der Waals surface area contributed by atoms with Crippen molar-refractivity contribution in [2.24, 2.45) is 0 Å². The van der Waals surface area contributed by atoms with Gasteiger partial charge in [-0.25, -0.2) is 0 Å². The van der Waals surface area contributed by atoms with Gasteiger partial charge in [-0.1, -0.05) is 152 Å². The number of ether oxygens (including phenoxy) is 1.